The van der Waals surface area contributed by atoms with Gasteiger partial charge in [-0.3, -0.25) is 0 Å². The monoisotopic (exact) mass is 231 g/mol. The molecule has 2 aromatic heterocycles. The second-order valence-corrected chi connectivity index (χ2v) is 5.87. The summed E-state index contributed by atoms with van der Waals surface area (Å²) in [7, 11) is 0. The number of aromatic nitrogens is 2. The Balaban J connectivity index is 2.05. The van der Waals surface area contributed by atoms with Gasteiger partial charge < -0.3 is 9.72 Å². The van der Waals surface area contributed by atoms with Crippen molar-refractivity contribution in [3.8, 4) is 0 Å². The third-order valence-electron chi connectivity index (χ3n) is 2.61. The van der Waals surface area contributed by atoms with Gasteiger partial charge in [0, 0.05) is 25.5 Å². The molecule has 0 amide bonds. The van der Waals surface area contributed by atoms with Gasteiger partial charge >= 0.3 is 0 Å². The van der Waals surface area contributed by atoms with Gasteiger partial charge in [0.15, 0.2) is 0 Å². The second kappa shape index (κ2) is 4.49. The summed E-state index contributed by atoms with van der Waals surface area (Å²) in [5, 5.41) is 3.44. The maximum absolute atomic E-state index is 4.57. The van der Waals surface area contributed by atoms with Crippen LogP contribution in [0.5, 0.6) is 0 Å². The number of nitrogens with one attached hydrogen (secondary N) is 1. The van der Waals surface area contributed by atoms with E-state index < -0.39 is 0 Å². The van der Waals surface area contributed by atoms with E-state index in [0.717, 1.165) is 24.4 Å². The summed E-state index contributed by atoms with van der Waals surface area (Å²) in [4.78, 5) is 4.57. The van der Waals surface area contributed by atoms with E-state index in [1.807, 2.05) is 0 Å². The van der Waals surface area contributed by atoms with Crippen molar-refractivity contribution in [1.29, 1.82) is 0 Å². The Morgan fingerprint density at radius 2 is 2.00 bits per heavy atom. The maximum atomic E-state index is 4.57. The highest BCUT2D eigenvalue weighted by Crippen LogP contribution is 2.11. The first-order valence-corrected chi connectivity index (χ1v) is 6.09. The number of hydrogen-bond acceptors (Lipinski definition) is 2. The Bertz CT molecular complexity index is 506. The zero-order valence-corrected chi connectivity index (χ0v) is 11.1. The molecule has 0 unspecified atom stereocenters. The number of fused-ring (bicyclic) bond motifs is 1. The highest BCUT2D eigenvalue weighted by molar-refractivity contribution is 5.41. The van der Waals surface area contributed by atoms with Gasteiger partial charge in [-0.2, -0.15) is 0 Å². The van der Waals surface area contributed by atoms with Gasteiger partial charge in [-0.25, -0.2) is 4.98 Å². The van der Waals surface area contributed by atoms with Crippen molar-refractivity contribution < 1.29 is 0 Å². The van der Waals surface area contributed by atoms with Gasteiger partial charge in [0.05, 0.1) is 5.69 Å². The van der Waals surface area contributed by atoms with E-state index in [9.17, 15) is 0 Å². The molecule has 0 radical (unpaired) electrons. The minimum absolute atomic E-state index is 0.315. The molecule has 0 aromatic carbocycles. The summed E-state index contributed by atoms with van der Waals surface area (Å²) < 4.78 is 2.09. The molecule has 0 saturated carbocycles. The summed E-state index contributed by atoms with van der Waals surface area (Å²) >= 11 is 0. The maximum Gasteiger partial charge on any atom is 0.137 e. The number of nitrogens with zero attached hydrogens (tertiary/aromatic N) is 2. The molecule has 92 valence electrons. The molecule has 3 nitrogen and oxygen atoms in total. The Kier molecular flexibility index (Phi) is 3.20. The fourth-order valence-electron chi connectivity index (χ4n) is 1.81. The molecule has 0 aliphatic carbocycles. The third-order valence-corrected chi connectivity index (χ3v) is 2.61. The first-order valence-electron chi connectivity index (χ1n) is 6.09. The van der Waals surface area contributed by atoms with Gasteiger partial charge in [0.1, 0.15) is 5.65 Å². The fraction of sp³-hybridized carbons (Fsp3) is 0.500. The molecular formula is C14H21N3. The van der Waals surface area contributed by atoms with Crippen molar-refractivity contribution in [3.63, 3.8) is 0 Å². The standard InChI is InChI=1S/C14H21N3/c1-11-5-6-13-16-12(9-17(13)8-11)7-15-10-14(2,3)4/h5-6,8-9,15H,7,10H2,1-4H3. The Morgan fingerprint density at radius 1 is 1.24 bits per heavy atom. The average molecular weight is 231 g/mol. The minimum atomic E-state index is 0.315. The summed E-state index contributed by atoms with van der Waals surface area (Å²) in [5.74, 6) is 0. The van der Waals surface area contributed by atoms with Crippen LogP contribution in [-0.2, 0) is 6.54 Å². The number of aryl methyl sites for hydroxylation is 1. The largest absolute Gasteiger partial charge is 0.311 e. The number of imidazole rings is 1. The molecule has 0 atom stereocenters. The summed E-state index contributed by atoms with van der Waals surface area (Å²) in [5.41, 5.74) is 3.68. The van der Waals surface area contributed by atoms with E-state index in [1.54, 1.807) is 0 Å². The highest BCUT2D eigenvalue weighted by atomic mass is 15.0. The Morgan fingerprint density at radius 3 is 2.71 bits per heavy atom. The molecule has 2 rings (SSSR count). The first-order chi connectivity index (χ1) is 7.94. The average Bonchev–Trinajstić information content (AvgIpc) is 2.57. The number of pyridine rings is 1. The van der Waals surface area contributed by atoms with Gasteiger partial charge in [-0.1, -0.05) is 26.8 Å². The van der Waals surface area contributed by atoms with Crippen molar-refractivity contribution in [1.82, 2.24) is 14.7 Å². The predicted molar refractivity (Wildman–Crippen MR) is 71.1 cm³/mol. The second-order valence-electron chi connectivity index (χ2n) is 5.87. The van der Waals surface area contributed by atoms with Crippen LogP contribution in [0.2, 0.25) is 0 Å². The first kappa shape index (κ1) is 12.1. The smallest absolute Gasteiger partial charge is 0.137 e. The SMILES string of the molecule is Cc1ccc2nc(CNCC(C)(C)C)cn2c1. The van der Waals surface area contributed by atoms with E-state index >= 15 is 0 Å². The highest BCUT2D eigenvalue weighted by Gasteiger charge is 2.09. The molecule has 0 spiro atoms. The van der Waals surface area contributed by atoms with Crippen molar-refractivity contribution in [3.05, 3.63) is 35.8 Å². The summed E-state index contributed by atoms with van der Waals surface area (Å²) in [6.45, 7) is 10.6. The van der Waals surface area contributed by atoms with Crippen LogP contribution in [0.3, 0.4) is 0 Å². The van der Waals surface area contributed by atoms with Gasteiger partial charge in [-0.05, 0) is 24.0 Å². The van der Waals surface area contributed by atoms with E-state index in [2.05, 4.69) is 66.9 Å². The van der Waals surface area contributed by atoms with Crippen molar-refractivity contribution in [2.45, 2.75) is 34.2 Å². The molecule has 2 aromatic rings. The zero-order chi connectivity index (χ0) is 12.5. The molecule has 0 bridgehead atoms. The zero-order valence-electron chi connectivity index (χ0n) is 11.1. The van der Waals surface area contributed by atoms with Gasteiger partial charge in [0.2, 0.25) is 0 Å². The fourth-order valence-corrected chi connectivity index (χ4v) is 1.81. The predicted octanol–water partition coefficient (Wildman–Crippen LogP) is 2.78. The molecule has 0 aliphatic rings. The van der Waals surface area contributed by atoms with E-state index in [1.165, 1.54) is 5.56 Å². The van der Waals surface area contributed by atoms with Crippen LogP contribution in [0.4, 0.5) is 0 Å². The minimum Gasteiger partial charge on any atom is -0.311 e. The lowest BCUT2D eigenvalue weighted by Gasteiger charge is -2.18. The van der Waals surface area contributed by atoms with Crippen LogP contribution in [0, 0.1) is 12.3 Å². The van der Waals surface area contributed by atoms with Crippen LogP contribution in [0.15, 0.2) is 24.5 Å². The molecule has 0 aliphatic heterocycles. The van der Waals surface area contributed by atoms with Crippen LogP contribution >= 0.6 is 0 Å². The molecular weight excluding hydrogens is 210 g/mol. The Hall–Kier alpha value is -1.35. The van der Waals surface area contributed by atoms with Crippen LogP contribution < -0.4 is 5.32 Å². The van der Waals surface area contributed by atoms with Gasteiger partial charge in [0.25, 0.3) is 0 Å². The lowest BCUT2D eigenvalue weighted by molar-refractivity contribution is 0.378. The quantitative estimate of drug-likeness (QED) is 0.880. The van der Waals surface area contributed by atoms with Crippen molar-refractivity contribution in [2.75, 3.05) is 6.54 Å². The molecule has 0 saturated heterocycles. The molecule has 0 fully saturated rings. The molecule has 1 N–H and O–H groups in total. The number of rotatable bonds is 3. The molecule has 3 heteroatoms. The number of hydrogen-bond donors (Lipinski definition) is 1. The van der Waals surface area contributed by atoms with E-state index in [4.69, 9.17) is 0 Å². The topological polar surface area (TPSA) is 29.3 Å². The third kappa shape index (κ3) is 3.30. The molecule has 17 heavy (non-hydrogen) atoms. The lowest BCUT2D eigenvalue weighted by atomic mass is 9.97. The molecule has 2 heterocycles. The lowest BCUT2D eigenvalue weighted by Crippen LogP contribution is -2.26. The van der Waals surface area contributed by atoms with Gasteiger partial charge in [-0.15, -0.1) is 0 Å². The van der Waals surface area contributed by atoms with Crippen LogP contribution in [-0.4, -0.2) is 15.9 Å². The van der Waals surface area contributed by atoms with E-state index in [0.29, 0.717) is 5.41 Å². The summed E-state index contributed by atoms with van der Waals surface area (Å²) in [6, 6.07) is 4.15. The van der Waals surface area contributed by atoms with Crippen LogP contribution in [0.1, 0.15) is 32.0 Å². The van der Waals surface area contributed by atoms with Crippen LogP contribution in [0.25, 0.3) is 5.65 Å². The van der Waals surface area contributed by atoms with Crippen molar-refractivity contribution in [2.24, 2.45) is 5.41 Å². The summed E-state index contributed by atoms with van der Waals surface area (Å²) in [6.07, 6.45) is 4.20. The van der Waals surface area contributed by atoms with E-state index in [-0.39, 0.29) is 0 Å². The normalized spacial score (nSPS) is 12.2. The Labute approximate surface area is 103 Å². The van der Waals surface area contributed by atoms with Crippen molar-refractivity contribution >= 4 is 5.65 Å².